The molecule has 0 heterocycles. The van der Waals surface area contributed by atoms with Gasteiger partial charge in [-0.3, -0.25) is 4.79 Å². The lowest BCUT2D eigenvalue weighted by atomic mass is 10.1. The third-order valence-electron chi connectivity index (χ3n) is 2.08. The quantitative estimate of drug-likeness (QED) is 0.838. The van der Waals surface area contributed by atoms with E-state index in [0.717, 1.165) is 0 Å². The molecule has 17 heavy (non-hydrogen) atoms. The van der Waals surface area contributed by atoms with Crippen LogP contribution < -0.4 is 10.1 Å². The van der Waals surface area contributed by atoms with Crippen LogP contribution >= 0.6 is 0 Å². The van der Waals surface area contributed by atoms with E-state index in [-0.39, 0.29) is 5.91 Å². The van der Waals surface area contributed by atoms with Crippen molar-refractivity contribution in [3.8, 4) is 5.75 Å². The second kappa shape index (κ2) is 4.86. The normalized spacial score (nSPS) is 10.8. The molecule has 1 rings (SSSR count). The molecule has 0 spiro atoms. The van der Waals surface area contributed by atoms with E-state index in [9.17, 15) is 9.59 Å². The molecule has 0 atom stereocenters. The zero-order valence-corrected chi connectivity index (χ0v) is 9.98. The summed E-state index contributed by atoms with van der Waals surface area (Å²) >= 11 is 0. The predicted molar refractivity (Wildman–Crippen MR) is 63.1 cm³/mol. The molecule has 0 saturated heterocycles. The van der Waals surface area contributed by atoms with Crippen LogP contribution in [0.15, 0.2) is 24.3 Å². The SMILES string of the molecule is CC(=O)Nc1ccccc1OC(C)(C)C(=O)O. The zero-order valence-electron chi connectivity index (χ0n) is 9.98. The molecule has 0 unspecified atom stereocenters. The largest absolute Gasteiger partial charge is 0.478 e. The minimum Gasteiger partial charge on any atom is -0.478 e. The Hall–Kier alpha value is -2.04. The Morgan fingerprint density at radius 2 is 1.88 bits per heavy atom. The minimum atomic E-state index is -1.35. The Morgan fingerprint density at radius 1 is 1.29 bits per heavy atom. The van der Waals surface area contributed by atoms with E-state index in [4.69, 9.17) is 9.84 Å². The lowest BCUT2D eigenvalue weighted by Gasteiger charge is -2.23. The van der Waals surface area contributed by atoms with Crippen LogP contribution in [-0.2, 0) is 9.59 Å². The summed E-state index contributed by atoms with van der Waals surface area (Å²) in [4.78, 5) is 21.9. The third-order valence-corrected chi connectivity index (χ3v) is 2.08. The molecular formula is C12H15NO4. The van der Waals surface area contributed by atoms with Crippen LogP contribution in [-0.4, -0.2) is 22.6 Å². The van der Waals surface area contributed by atoms with Crippen LogP contribution in [0.25, 0.3) is 0 Å². The maximum atomic E-state index is 11.0. The topological polar surface area (TPSA) is 75.6 Å². The summed E-state index contributed by atoms with van der Waals surface area (Å²) in [6.45, 7) is 4.26. The van der Waals surface area contributed by atoms with E-state index in [2.05, 4.69) is 5.32 Å². The van der Waals surface area contributed by atoms with Crippen LogP contribution in [0.1, 0.15) is 20.8 Å². The molecule has 0 aliphatic heterocycles. The van der Waals surface area contributed by atoms with E-state index >= 15 is 0 Å². The van der Waals surface area contributed by atoms with Gasteiger partial charge in [0.1, 0.15) is 5.75 Å². The van der Waals surface area contributed by atoms with Crippen LogP contribution in [0.3, 0.4) is 0 Å². The fraction of sp³-hybridized carbons (Fsp3) is 0.333. The van der Waals surface area contributed by atoms with Crippen molar-refractivity contribution in [2.75, 3.05) is 5.32 Å². The number of benzene rings is 1. The minimum absolute atomic E-state index is 0.241. The van der Waals surface area contributed by atoms with Crippen molar-refractivity contribution < 1.29 is 19.4 Å². The molecule has 0 aliphatic carbocycles. The molecule has 0 bridgehead atoms. The van der Waals surface area contributed by atoms with Gasteiger partial charge in [-0.25, -0.2) is 4.79 Å². The van der Waals surface area contributed by atoms with Gasteiger partial charge in [-0.1, -0.05) is 12.1 Å². The fourth-order valence-corrected chi connectivity index (χ4v) is 1.17. The monoisotopic (exact) mass is 237 g/mol. The summed E-state index contributed by atoms with van der Waals surface area (Å²) in [5.74, 6) is -0.987. The molecule has 0 aromatic heterocycles. The van der Waals surface area contributed by atoms with Gasteiger partial charge >= 0.3 is 5.97 Å². The molecule has 2 N–H and O–H groups in total. The maximum Gasteiger partial charge on any atom is 0.347 e. The van der Waals surface area contributed by atoms with Gasteiger partial charge in [0.15, 0.2) is 5.60 Å². The first-order chi connectivity index (χ1) is 7.83. The standard InChI is InChI=1S/C12H15NO4/c1-8(14)13-9-6-4-5-7-10(9)17-12(2,3)11(15)16/h4-7H,1-3H3,(H,13,14)(H,15,16). The van der Waals surface area contributed by atoms with Crippen LogP contribution in [0.5, 0.6) is 5.75 Å². The van der Waals surface area contributed by atoms with Crippen LogP contribution in [0.2, 0.25) is 0 Å². The number of carbonyl (C=O) groups excluding carboxylic acids is 1. The number of anilines is 1. The van der Waals surface area contributed by atoms with Gasteiger partial charge in [-0.2, -0.15) is 0 Å². The Balaban J connectivity index is 2.98. The molecular weight excluding hydrogens is 222 g/mol. The summed E-state index contributed by atoms with van der Waals surface area (Å²) in [5, 5.41) is 11.5. The molecule has 1 aromatic carbocycles. The van der Waals surface area contributed by atoms with Crippen molar-refractivity contribution in [1.29, 1.82) is 0 Å². The smallest absolute Gasteiger partial charge is 0.347 e. The third kappa shape index (κ3) is 3.48. The first kappa shape index (κ1) is 13.0. The van der Waals surface area contributed by atoms with Crippen molar-refractivity contribution in [2.24, 2.45) is 0 Å². The lowest BCUT2D eigenvalue weighted by molar-refractivity contribution is -0.152. The molecule has 0 radical (unpaired) electrons. The molecule has 0 aliphatic rings. The highest BCUT2D eigenvalue weighted by atomic mass is 16.5. The van der Waals surface area contributed by atoms with Crippen LogP contribution in [0, 0.1) is 0 Å². The number of hydrogen-bond acceptors (Lipinski definition) is 3. The Bertz CT molecular complexity index is 440. The van der Waals surface area contributed by atoms with Gasteiger partial charge in [0.2, 0.25) is 5.91 Å². The highest BCUT2D eigenvalue weighted by molar-refractivity contribution is 5.90. The van der Waals surface area contributed by atoms with Gasteiger partial charge in [-0.15, -0.1) is 0 Å². The highest BCUT2D eigenvalue weighted by Gasteiger charge is 2.30. The molecule has 0 fully saturated rings. The van der Waals surface area contributed by atoms with Gasteiger partial charge < -0.3 is 15.2 Å². The first-order valence-electron chi connectivity index (χ1n) is 5.12. The number of hydrogen-bond donors (Lipinski definition) is 2. The molecule has 1 amide bonds. The van der Waals surface area contributed by atoms with E-state index < -0.39 is 11.6 Å². The molecule has 5 nitrogen and oxygen atoms in total. The summed E-state index contributed by atoms with van der Waals surface area (Å²) < 4.78 is 5.38. The second-order valence-electron chi connectivity index (χ2n) is 4.09. The lowest BCUT2D eigenvalue weighted by Crippen LogP contribution is -2.38. The maximum absolute atomic E-state index is 11.0. The van der Waals surface area contributed by atoms with Crippen molar-refractivity contribution >= 4 is 17.6 Å². The second-order valence-corrected chi connectivity index (χ2v) is 4.09. The number of carbonyl (C=O) groups is 2. The summed E-state index contributed by atoms with van der Waals surface area (Å²) in [7, 11) is 0. The number of carboxylic acid groups (broad SMARTS) is 1. The molecule has 5 heteroatoms. The van der Waals surface area contributed by atoms with Gasteiger partial charge in [0.25, 0.3) is 0 Å². The van der Waals surface area contributed by atoms with Gasteiger partial charge in [0.05, 0.1) is 5.69 Å². The predicted octanol–water partition coefficient (Wildman–Crippen LogP) is 1.89. The van der Waals surface area contributed by atoms with E-state index in [0.29, 0.717) is 11.4 Å². The fourth-order valence-electron chi connectivity index (χ4n) is 1.17. The highest BCUT2D eigenvalue weighted by Crippen LogP contribution is 2.27. The number of ether oxygens (including phenoxy) is 1. The van der Waals surface area contributed by atoms with E-state index in [1.807, 2.05) is 0 Å². The van der Waals surface area contributed by atoms with Crippen molar-refractivity contribution in [3.05, 3.63) is 24.3 Å². The summed E-state index contributed by atoms with van der Waals surface area (Å²) in [5.41, 5.74) is -0.900. The summed E-state index contributed by atoms with van der Waals surface area (Å²) in [6.07, 6.45) is 0. The average molecular weight is 237 g/mol. The van der Waals surface area contributed by atoms with E-state index in [1.165, 1.54) is 20.8 Å². The number of rotatable bonds is 4. The Morgan fingerprint density at radius 3 is 2.41 bits per heavy atom. The van der Waals surface area contributed by atoms with Crippen LogP contribution in [0.4, 0.5) is 5.69 Å². The number of carboxylic acids is 1. The molecule has 92 valence electrons. The number of aliphatic carboxylic acids is 1. The first-order valence-corrected chi connectivity index (χ1v) is 5.12. The molecule has 0 saturated carbocycles. The number of nitrogens with one attached hydrogen (secondary N) is 1. The van der Waals surface area contributed by atoms with Crippen molar-refractivity contribution in [3.63, 3.8) is 0 Å². The number of amides is 1. The van der Waals surface area contributed by atoms with Crippen molar-refractivity contribution in [1.82, 2.24) is 0 Å². The Kier molecular flexibility index (Phi) is 3.73. The van der Waals surface area contributed by atoms with Gasteiger partial charge in [0, 0.05) is 6.92 Å². The van der Waals surface area contributed by atoms with Gasteiger partial charge in [-0.05, 0) is 26.0 Å². The summed E-state index contributed by atoms with van der Waals surface area (Å²) in [6, 6.07) is 6.69. The molecule has 1 aromatic rings. The van der Waals surface area contributed by atoms with Crippen molar-refractivity contribution in [2.45, 2.75) is 26.4 Å². The number of para-hydroxylation sites is 2. The zero-order chi connectivity index (χ0) is 13.1. The van der Waals surface area contributed by atoms with E-state index in [1.54, 1.807) is 24.3 Å². The average Bonchev–Trinajstić information content (AvgIpc) is 2.19. The Labute approximate surface area is 99.4 Å².